The van der Waals surface area contributed by atoms with Crippen molar-refractivity contribution in [2.45, 2.75) is 105 Å². The van der Waals surface area contributed by atoms with Crippen LogP contribution >= 0.6 is 0 Å². The highest BCUT2D eigenvalue weighted by Gasteiger charge is 2.27. The summed E-state index contributed by atoms with van der Waals surface area (Å²) in [7, 11) is 0. The van der Waals surface area contributed by atoms with Crippen molar-refractivity contribution in [2.24, 2.45) is 10.8 Å². The maximum Gasteiger partial charge on any atom is 0.345 e. The van der Waals surface area contributed by atoms with E-state index in [0.717, 1.165) is 38.5 Å². The first-order chi connectivity index (χ1) is 12.4. The molecule has 0 aliphatic carbocycles. The van der Waals surface area contributed by atoms with Gasteiger partial charge in [0.05, 0.1) is 16.9 Å². The average Bonchev–Trinajstić information content (AvgIpc) is 2.52. The summed E-state index contributed by atoms with van der Waals surface area (Å²) >= 11 is 0. The number of carboxylic acids is 2. The largest absolute Gasteiger partial charge is 0.481 e. The second-order valence-electron chi connectivity index (χ2n) is 8.60. The van der Waals surface area contributed by atoms with E-state index in [-0.39, 0.29) is 0 Å². The molecule has 0 radical (unpaired) electrons. The molecule has 0 aromatic heterocycles. The molecule has 0 aromatic rings. The van der Waals surface area contributed by atoms with Crippen molar-refractivity contribution in [3.63, 3.8) is 0 Å². The number of aliphatic carboxylic acids is 2. The zero-order valence-electron chi connectivity index (χ0n) is 17.1. The normalized spacial score (nSPS) is 12.7. The van der Waals surface area contributed by atoms with Gasteiger partial charge in [-0.3, -0.25) is 9.59 Å². The van der Waals surface area contributed by atoms with E-state index in [1.165, 1.54) is 0 Å². The zero-order valence-corrected chi connectivity index (χ0v) is 17.1. The van der Waals surface area contributed by atoms with Crippen molar-refractivity contribution in [3.05, 3.63) is 0 Å². The highest BCUT2D eigenvalue weighted by Crippen LogP contribution is 2.26. The first kappa shape index (κ1) is 25.8. The van der Waals surface area contributed by atoms with E-state index in [4.69, 9.17) is 14.9 Å². The molecule has 7 heteroatoms. The third-order valence-corrected chi connectivity index (χ3v) is 5.11. The van der Waals surface area contributed by atoms with Gasteiger partial charge in [0.15, 0.2) is 0 Å². The maximum absolute atomic E-state index is 12.6. The molecule has 0 bridgehead atoms. The lowest BCUT2D eigenvalue weighted by Crippen LogP contribution is -2.23. The molecule has 0 spiro atoms. The van der Waals surface area contributed by atoms with Crippen LogP contribution in [0.5, 0.6) is 0 Å². The van der Waals surface area contributed by atoms with Gasteiger partial charge >= 0.3 is 18.6 Å². The number of carboxylic acid groups (broad SMARTS) is 2. The Hall–Kier alpha value is -1.24. The second kappa shape index (κ2) is 12.3. The number of unbranched alkanes of at least 4 members (excludes halogenated alkanes) is 4. The van der Waals surface area contributed by atoms with Gasteiger partial charge in [-0.05, 0) is 53.4 Å². The molecular formula is C20H36F2O5. The molecule has 0 rings (SSSR count). The van der Waals surface area contributed by atoms with Gasteiger partial charge in [0.1, 0.15) is 0 Å². The number of hydrogen-bond donors (Lipinski definition) is 2. The SMILES string of the molecule is CC(C)(CCCCCC(CCCCCC(C)(C)C(=O)O)OC(F)F)C(=O)O. The fourth-order valence-electron chi connectivity index (χ4n) is 2.87. The highest BCUT2D eigenvalue weighted by atomic mass is 19.3. The Morgan fingerprint density at radius 1 is 0.778 bits per heavy atom. The third-order valence-electron chi connectivity index (χ3n) is 5.11. The van der Waals surface area contributed by atoms with Crippen LogP contribution in [-0.2, 0) is 14.3 Å². The lowest BCUT2D eigenvalue weighted by atomic mass is 9.86. The minimum atomic E-state index is -2.80. The summed E-state index contributed by atoms with van der Waals surface area (Å²) in [6.45, 7) is 3.94. The summed E-state index contributed by atoms with van der Waals surface area (Å²) in [5, 5.41) is 18.1. The molecule has 0 atom stereocenters. The van der Waals surface area contributed by atoms with Crippen LogP contribution in [0.25, 0.3) is 0 Å². The molecule has 0 fully saturated rings. The zero-order chi connectivity index (χ0) is 21.1. The molecule has 5 nitrogen and oxygen atoms in total. The fourth-order valence-corrected chi connectivity index (χ4v) is 2.87. The molecule has 0 saturated heterocycles. The van der Waals surface area contributed by atoms with Crippen LogP contribution in [0.2, 0.25) is 0 Å². The Morgan fingerprint density at radius 2 is 1.15 bits per heavy atom. The van der Waals surface area contributed by atoms with Crippen LogP contribution in [0.4, 0.5) is 8.78 Å². The van der Waals surface area contributed by atoms with Crippen molar-refractivity contribution < 1.29 is 33.3 Å². The average molecular weight is 394 g/mol. The minimum absolute atomic E-state index is 0.509. The molecule has 2 N–H and O–H groups in total. The molecule has 0 saturated carbocycles. The molecule has 0 heterocycles. The molecule has 160 valence electrons. The summed E-state index contributed by atoms with van der Waals surface area (Å²) in [6.07, 6.45) is 6.15. The van der Waals surface area contributed by atoms with Crippen LogP contribution < -0.4 is 0 Å². The van der Waals surface area contributed by atoms with Gasteiger partial charge in [-0.25, -0.2) is 0 Å². The third kappa shape index (κ3) is 12.0. The first-order valence-electron chi connectivity index (χ1n) is 9.79. The van der Waals surface area contributed by atoms with Gasteiger partial charge in [0, 0.05) is 0 Å². The lowest BCUT2D eigenvalue weighted by molar-refractivity contribution is -0.166. The molecule has 0 aliphatic heterocycles. The van der Waals surface area contributed by atoms with E-state index < -0.39 is 35.5 Å². The summed E-state index contributed by atoms with van der Waals surface area (Å²) in [4.78, 5) is 22.1. The van der Waals surface area contributed by atoms with Crippen molar-refractivity contribution in [1.82, 2.24) is 0 Å². The lowest BCUT2D eigenvalue weighted by Gasteiger charge is -2.20. The first-order valence-corrected chi connectivity index (χ1v) is 9.79. The fraction of sp³-hybridized carbons (Fsp3) is 0.900. The van der Waals surface area contributed by atoms with Crippen molar-refractivity contribution in [3.8, 4) is 0 Å². The van der Waals surface area contributed by atoms with E-state index >= 15 is 0 Å². The van der Waals surface area contributed by atoms with E-state index in [1.807, 2.05) is 0 Å². The Kier molecular flexibility index (Phi) is 11.7. The van der Waals surface area contributed by atoms with E-state index in [0.29, 0.717) is 25.7 Å². The highest BCUT2D eigenvalue weighted by molar-refractivity contribution is 5.73. The van der Waals surface area contributed by atoms with E-state index in [2.05, 4.69) is 0 Å². The Morgan fingerprint density at radius 3 is 1.44 bits per heavy atom. The topological polar surface area (TPSA) is 83.8 Å². The summed E-state index contributed by atoms with van der Waals surface area (Å²) < 4.78 is 29.8. The number of carbonyl (C=O) groups is 2. The Labute approximate surface area is 161 Å². The van der Waals surface area contributed by atoms with Gasteiger partial charge in [0.25, 0.3) is 0 Å². The summed E-state index contributed by atoms with van der Waals surface area (Å²) in [6, 6.07) is 0. The molecule has 0 amide bonds. The smallest absolute Gasteiger partial charge is 0.345 e. The van der Waals surface area contributed by atoms with E-state index in [1.54, 1.807) is 27.7 Å². The predicted octanol–water partition coefficient (Wildman–Crippen LogP) is 5.72. The van der Waals surface area contributed by atoms with Crippen LogP contribution in [0, 0.1) is 10.8 Å². The van der Waals surface area contributed by atoms with Gasteiger partial charge in [-0.1, -0.05) is 38.5 Å². The molecule has 0 unspecified atom stereocenters. The van der Waals surface area contributed by atoms with Crippen LogP contribution in [-0.4, -0.2) is 34.9 Å². The second-order valence-corrected chi connectivity index (χ2v) is 8.60. The van der Waals surface area contributed by atoms with Crippen LogP contribution in [0.15, 0.2) is 0 Å². The van der Waals surface area contributed by atoms with Gasteiger partial charge in [-0.2, -0.15) is 8.78 Å². The number of hydrogen-bond acceptors (Lipinski definition) is 3. The standard InChI is InChI=1S/C20H36F2O5/c1-19(2,16(23)24)13-9-5-7-11-15(27-18(21)22)12-8-6-10-14-20(3,4)17(25)26/h15,18H,5-14H2,1-4H3,(H,23,24)(H,25,26). The van der Waals surface area contributed by atoms with Crippen LogP contribution in [0.3, 0.4) is 0 Å². The van der Waals surface area contributed by atoms with Crippen molar-refractivity contribution in [1.29, 1.82) is 0 Å². The van der Waals surface area contributed by atoms with Crippen molar-refractivity contribution >= 4 is 11.9 Å². The predicted molar refractivity (Wildman–Crippen MR) is 99.9 cm³/mol. The Balaban J connectivity index is 4.08. The van der Waals surface area contributed by atoms with Crippen molar-refractivity contribution in [2.75, 3.05) is 0 Å². The monoisotopic (exact) mass is 394 g/mol. The maximum atomic E-state index is 12.6. The quantitative estimate of drug-likeness (QED) is 0.327. The molecule has 0 aliphatic rings. The van der Waals surface area contributed by atoms with Gasteiger partial charge < -0.3 is 14.9 Å². The molecular weight excluding hydrogens is 358 g/mol. The van der Waals surface area contributed by atoms with Gasteiger partial charge in [-0.15, -0.1) is 0 Å². The van der Waals surface area contributed by atoms with Crippen LogP contribution in [0.1, 0.15) is 91.9 Å². The Bertz CT molecular complexity index is 414. The number of halogens is 2. The number of ether oxygens (including phenoxy) is 1. The minimum Gasteiger partial charge on any atom is -0.481 e. The van der Waals surface area contributed by atoms with E-state index in [9.17, 15) is 18.4 Å². The number of alkyl halides is 2. The van der Waals surface area contributed by atoms with Gasteiger partial charge in [0.2, 0.25) is 0 Å². The summed E-state index contributed by atoms with van der Waals surface area (Å²) in [5.74, 6) is -1.65. The summed E-state index contributed by atoms with van der Waals surface area (Å²) in [5.41, 5.74) is -1.52. The number of rotatable bonds is 16. The molecule has 27 heavy (non-hydrogen) atoms. The molecule has 0 aromatic carbocycles.